The van der Waals surface area contributed by atoms with Gasteiger partial charge in [-0.2, -0.15) is 0 Å². The van der Waals surface area contributed by atoms with Gasteiger partial charge in [0.25, 0.3) is 0 Å². The summed E-state index contributed by atoms with van der Waals surface area (Å²) in [6.07, 6.45) is 5.98. The van der Waals surface area contributed by atoms with E-state index in [-0.39, 0.29) is 18.3 Å². The van der Waals surface area contributed by atoms with Gasteiger partial charge in [0.15, 0.2) is 11.4 Å². The van der Waals surface area contributed by atoms with Crippen molar-refractivity contribution in [1.82, 2.24) is 4.98 Å². The third kappa shape index (κ3) is 6.10. The second kappa shape index (κ2) is 10.9. The van der Waals surface area contributed by atoms with Crippen LogP contribution in [0, 0.1) is 5.92 Å². The van der Waals surface area contributed by atoms with E-state index in [1.165, 1.54) is 0 Å². The molecule has 4 rings (SSSR count). The summed E-state index contributed by atoms with van der Waals surface area (Å²) >= 11 is 5.93. The zero-order chi connectivity index (χ0) is 22.6. The molecule has 178 valence electrons. The minimum Gasteiger partial charge on any atom is -1.00 e. The number of likely N-dealkylation sites (N-methyl/N-ethyl adjacent to an activating group) is 1. The van der Waals surface area contributed by atoms with Crippen LogP contribution >= 0.6 is 11.6 Å². The molecule has 1 fully saturated rings. The lowest BCUT2D eigenvalue weighted by atomic mass is 9.80. The lowest BCUT2D eigenvalue weighted by Crippen LogP contribution is -3.00. The van der Waals surface area contributed by atoms with E-state index in [1.807, 2.05) is 54.6 Å². The van der Waals surface area contributed by atoms with Crippen LogP contribution in [0.2, 0.25) is 5.02 Å². The normalized spacial score (nSPS) is 16.2. The number of halogens is 2. The van der Waals surface area contributed by atoms with Gasteiger partial charge in [-0.3, -0.25) is 0 Å². The predicted molar refractivity (Wildman–Crippen MR) is 126 cm³/mol. The van der Waals surface area contributed by atoms with E-state index < -0.39 is 5.60 Å². The number of nitrogens with zero attached hydrogens (tertiary/aromatic N) is 2. The summed E-state index contributed by atoms with van der Waals surface area (Å²) in [5.41, 5.74) is -0.337. The molecule has 7 heteroatoms. The lowest BCUT2D eigenvalue weighted by Gasteiger charge is -2.32. The van der Waals surface area contributed by atoms with Gasteiger partial charge in [0.05, 0.1) is 20.3 Å². The summed E-state index contributed by atoms with van der Waals surface area (Å²) in [7, 11) is 4.27. The third-order valence-corrected chi connectivity index (χ3v) is 6.65. The van der Waals surface area contributed by atoms with Gasteiger partial charge < -0.3 is 31.2 Å². The fourth-order valence-electron chi connectivity index (χ4n) is 4.57. The molecule has 1 unspecified atom stereocenters. The maximum atomic E-state index is 11.9. The van der Waals surface area contributed by atoms with Gasteiger partial charge in [-0.15, -0.1) is 0 Å². The van der Waals surface area contributed by atoms with Crippen LogP contribution in [0.3, 0.4) is 0 Å². The highest BCUT2D eigenvalue weighted by Crippen LogP contribution is 2.44. The minimum atomic E-state index is -1.19. The van der Waals surface area contributed by atoms with Crippen molar-refractivity contribution in [3.05, 3.63) is 83.0 Å². The molecule has 33 heavy (non-hydrogen) atoms. The molecule has 1 aromatic heterocycles. The number of quaternary nitrogens is 1. The number of aromatic nitrogens is 1. The van der Waals surface area contributed by atoms with Crippen molar-refractivity contribution in [3.8, 4) is 5.75 Å². The molecule has 0 bridgehead atoms. The van der Waals surface area contributed by atoms with E-state index in [0.717, 1.165) is 49.3 Å². The summed E-state index contributed by atoms with van der Waals surface area (Å²) < 4.78 is 12.7. The minimum absolute atomic E-state index is 0. The molecule has 1 N–H and O–H groups in total. The Kier molecular flexibility index (Phi) is 8.46. The van der Waals surface area contributed by atoms with Crippen molar-refractivity contribution in [3.63, 3.8) is 0 Å². The molecule has 3 aromatic rings. The summed E-state index contributed by atoms with van der Waals surface area (Å²) in [5, 5.41) is 12.6. The maximum absolute atomic E-state index is 11.9. The number of oxazole rings is 1. The van der Waals surface area contributed by atoms with E-state index >= 15 is 0 Å². The molecular formula is C26H32Cl2N2O3. The number of hydrogen-bond acceptors (Lipinski definition) is 4. The fraction of sp³-hybridized carbons (Fsp3) is 0.423. The Morgan fingerprint density at radius 3 is 2.42 bits per heavy atom. The van der Waals surface area contributed by atoms with E-state index in [0.29, 0.717) is 28.5 Å². The Labute approximate surface area is 207 Å². The standard InChI is InChI=1S/C26H32ClN2O3.ClH/c1-29(2,16-17-31-23-14-12-22(27)13-15-23)19-24-18-28-25(32-24)26(30,21-10-6-7-11-21)20-8-4-3-5-9-20;/h3-5,8-9,12-15,18,21,30H,6-7,10-11,16-17,19H2,1-2H3;1H/q+1;/p-1. The van der Waals surface area contributed by atoms with Crippen molar-refractivity contribution in [1.29, 1.82) is 0 Å². The summed E-state index contributed by atoms with van der Waals surface area (Å²) in [4.78, 5) is 4.56. The summed E-state index contributed by atoms with van der Waals surface area (Å²) in [6, 6.07) is 17.2. The second-order valence-electron chi connectivity index (χ2n) is 9.37. The van der Waals surface area contributed by atoms with Gasteiger partial charge in [-0.1, -0.05) is 54.8 Å². The third-order valence-electron chi connectivity index (χ3n) is 6.40. The SMILES string of the molecule is C[N+](C)(CCOc1ccc(Cl)cc1)Cc1cnc(C(O)(c2ccccc2)C2CCCC2)o1.[Cl-]. The highest BCUT2D eigenvalue weighted by atomic mass is 35.5. The molecule has 1 aliphatic rings. The van der Waals surface area contributed by atoms with Crippen molar-refractivity contribution < 1.29 is 31.2 Å². The Morgan fingerprint density at radius 2 is 1.76 bits per heavy atom. The molecule has 0 aliphatic heterocycles. The molecule has 2 aromatic carbocycles. The van der Waals surface area contributed by atoms with E-state index in [9.17, 15) is 5.11 Å². The first kappa shape index (κ1) is 25.6. The summed E-state index contributed by atoms with van der Waals surface area (Å²) in [6.45, 7) is 2.03. The van der Waals surface area contributed by atoms with Crippen LogP contribution in [0.15, 0.2) is 65.2 Å². The molecule has 1 saturated carbocycles. The Morgan fingerprint density at radius 1 is 1.09 bits per heavy atom. The van der Waals surface area contributed by atoms with Crippen molar-refractivity contribution in [2.24, 2.45) is 5.92 Å². The number of benzene rings is 2. The van der Waals surface area contributed by atoms with E-state index in [4.69, 9.17) is 20.8 Å². The fourth-order valence-corrected chi connectivity index (χ4v) is 4.69. The van der Waals surface area contributed by atoms with Crippen LogP contribution in [0.25, 0.3) is 0 Å². The first-order valence-electron chi connectivity index (χ1n) is 11.3. The Hall–Kier alpha value is -2.05. The second-order valence-corrected chi connectivity index (χ2v) is 9.80. The summed E-state index contributed by atoms with van der Waals surface area (Å²) in [5.74, 6) is 2.10. The van der Waals surface area contributed by atoms with Crippen molar-refractivity contribution in [2.75, 3.05) is 27.2 Å². The average molecular weight is 491 g/mol. The zero-order valence-electron chi connectivity index (χ0n) is 19.2. The van der Waals surface area contributed by atoms with Crippen LogP contribution in [0.4, 0.5) is 0 Å². The van der Waals surface area contributed by atoms with Gasteiger partial charge in [0.1, 0.15) is 25.4 Å². The van der Waals surface area contributed by atoms with Crippen LogP contribution in [0.5, 0.6) is 5.75 Å². The lowest BCUT2D eigenvalue weighted by molar-refractivity contribution is -0.904. The van der Waals surface area contributed by atoms with Crippen LogP contribution < -0.4 is 17.1 Å². The topological polar surface area (TPSA) is 55.5 Å². The van der Waals surface area contributed by atoms with Gasteiger partial charge in [-0.05, 0) is 42.7 Å². The zero-order valence-corrected chi connectivity index (χ0v) is 20.7. The Balaban J connectivity index is 0.00000306. The monoisotopic (exact) mass is 490 g/mol. The van der Waals surface area contributed by atoms with Crippen LogP contribution in [-0.2, 0) is 12.1 Å². The number of rotatable bonds is 9. The number of ether oxygens (including phenoxy) is 1. The smallest absolute Gasteiger partial charge is 0.231 e. The molecule has 1 aliphatic carbocycles. The molecule has 0 saturated heterocycles. The van der Waals surface area contributed by atoms with Gasteiger partial charge >= 0.3 is 0 Å². The van der Waals surface area contributed by atoms with Crippen LogP contribution in [-0.4, -0.2) is 41.8 Å². The van der Waals surface area contributed by atoms with E-state index in [2.05, 4.69) is 19.1 Å². The Bertz CT molecular complexity index is 1000. The van der Waals surface area contributed by atoms with Gasteiger partial charge in [0, 0.05) is 10.9 Å². The first-order valence-corrected chi connectivity index (χ1v) is 11.7. The van der Waals surface area contributed by atoms with Crippen molar-refractivity contribution >= 4 is 11.6 Å². The molecule has 1 heterocycles. The number of aliphatic hydroxyl groups is 1. The average Bonchev–Trinajstić information content (AvgIpc) is 3.48. The first-order chi connectivity index (χ1) is 15.4. The van der Waals surface area contributed by atoms with Gasteiger partial charge in [0.2, 0.25) is 5.89 Å². The van der Waals surface area contributed by atoms with Gasteiger partial charge in [-0.25, -0.2) is 4.98 Å². The van der Waals surface area contributed by atoms with Crippen molar-refractivity contribution in [2.45, 2.75) is 37.8 Å². The largest absolute Gasteiger partial charge is 1.00 e. The van der Waals surface area contributed by atoms with Crippen LogP contribution in [0.1, 0.15) is 42.9 Å². The number of hydrogen-bond donors (Lipinski definition) is 1. The maximum Gasteiger partial charge on any atom is 0.231 e. The van der Waals surface area contributed by atoms with E-state index in [1.54, 1.807) is 6.20 Å². The molecule has 0 radical (unpaired) electrons. The molecule has 5 nitrogen and oxygen atoms in total. The molecule has 0 amide bonds. The predicted octanol–water partition coefficient (Wildman–Crippen LogP) is 2.41. The highest BCUT2D eigenvalue weighted by molar-refractivity contribution is 6.30. The molecular weight excluding hydrogens is 459 g/mol. The highest BCUT2D eigenvalue weighted by Gasteiger charge is 2.45. The molecule has 1 atom stereocenters. The molecule has 0 spiro atoms. The quantitative estimate of drug-likeness (QED) is 0.468.